The number of rotatable bonds is 5. The number of hydrogen-bond acceptors (Lipinski definition) is 4. The third kappa shape index (κ3) is 3.50. The van der Waals surface area contributed by atoms with E-state index in [-0.39, 0.29) is 0 Å². The van der Waals surface area contributed by atoms with Crippen molar-refractivity contribution < 1.29 is 0 Å². The maximum absolute atomic E-state index is 4.38. The van der Waals surface area contributed by atoms with Crippen LogP contribution in [0.1, 0.15) is 31.4 Å². The highest BCUT2D eigenvalue weighted by Crippen LogP contribution is 2.22. The van der Waals surface area contributed by atoms with Gasteiger partial charge < -0.3 is 5.32 Å². The van der Waals surface area contributed by atoms with Crippen molar-refractivity contribution in [3.05, 3.63) is 16.6 Å². The van der Waals surface area contributed by atoms with E-state index >= 15 is 0 Å². The average molecular weight is 251 g/mol. The molecule has 0 amide bonds. The molecule has 2 heterocycles. The van der Waals surface area contributed by atoms with Gasteiger partial charge in [-0.1, -0.05) is 0 Å². The largest absolute Gasteiger partial charge is 0.314 e. The van der Waals surface area contributed by atoms with Crippen molar-refractivity contribution in [1.82, 2.24) is 15.2 Å². The summed E-state index contributed by atoms with van der Waals surface area (Å²) in [6.07, 6.45) is 5.54. The van der Waals surface area contributed by atoms with Crippen molar-refractivity contribution in [2.24, 2.45) is 5.92 Å². The van der Waals surface area contributed by atoms with E-state index in [1.807, 2.05) is 5.51 Å². The lowest BCUT2D eigenvalue weighted by atomic mass is 9.98. The van der Waals surface area contributed by atoms with Crippen molar-refractivity contribution in [3.8, 4) is 0 Å². The lowest BCUT2D eigenvalue weighted by Gasteiger charge is -2.32. The number of nitrogens with zero attached hydrogens (tertiary/aromatic N) is 2. The van der Waals surface area contributed by atoms with Crippen LogP contribution in [-0.4, -0.2) is 35.6 Å². The lowest BCUT2D eigenvalue weighted by molar-refractivity contribution is 0.164. The highest BCUT2D eigenvalue weighted by Gasteiger charge is 2.24. The van der Waals surface area contributed by atoms with E-state index in [9.17, 15) is 0 Å². The van der Waals surface area contributed by atoms with Gasteiger partial charge in [-0.15, -0.1) is 11.3 Å². The van der Waals surface area contributed by atoms with Gasteiger partial charge in [0.25, 0.3) is 0 Å². The Labute approximate surface area is 107 Å². The second-order valence-corrected chi connectivity index (χ2v) is 6.12. The predicted octanol–water partition coefficient (Wildman–Crippen LogP) is 2.11. The number of piperidine rings is 1. The third-order valence-electron chi connectivity index (χ3n) is 3.74. The Hall–Kier alpha value is -0.450. The molecular weight excluding hydrogens is 230 g/mol. The molecule has 0 bridgehead atoms. The zero-order chi connectivity index (χ0) is 11.5. The van der Waals surface area contributed by atoms with Gasteiger partial charge in [0.15, 0.2) is 0 Å². The molecule has 0 spiro atoms. The first-order valence-electron chi connectivity index (χ1n) is 6.73. The van der Waals surface area contributed by atoms with Crippen molar-refractivity contribution in [2.45, 2.75) is 38.3 Å². The van der Waals surface area contributed by atoms with E-state index in [0.717, 1.165) is 18.5 Å². The van der Waals surface area contributed by atoms with Crippen molar-refractivity contribution in [2.75, 3.05) is 19.6 Å². The minimum atomic E-state index is 0.850. The summed E-state index contributed by atoms with van der Waals surface area (Å²) in [4.78, 5) is 6.95. The molecule has 2 aliphatic rings. The molecule has 1 N–H and O–H groups in total. The fourth-order valence-electron chi connectivity index (χ4n) is 2.63. The van der Waals surface area contributed by atoms with Crippen LogP contribution in [0.3, 0.4) is 0 Å². The maximum Gasteiger partial charge on any atom is 0.0795 e. The van der Waals surface area contributed by atoms with Crippen molar-refractivity contribution >= 4 is 11.3 Å². The second-order valence-electron chi connectivity index (χ2n) is 5.41. The van der Waals surface area contributed by atoms with E-state index in [1.165, 1.54) is 51.0 Å². The Kier molecular flexibility index (Phi) is 3.74. The topological polar surface area (TPSA) is 28.2 Å². The van der Waals surface area contributed by atoms with E-state index < -0.39 is 0 Å². The summed E-state index contributed by atoms with van der Waals surface area (Å²) in [7, 11) is 0. The van der Waals surface area contributed by atoms with Crippen LogP contribution < -0.4 is 5.32 Å². The molecule has 2 fully saturated rings. The zero-order valence-corrected chi connectivity index (χ0v) is 11.1. The Morgan fingerprint density at radius 2 is 2.35 bits per heavy atom. The molecule has 3 nitrogen and oxygen atoms in total. The number of likely N-dealkylation sites (tertiary alicyclic amines) is 1. The first-order chi connectivity index (χ1) is 8.40. The first-order valence-corrected chi connectivity index (χ1v) is 7.67. The number of aromatic nitrogens is 1. The van der Waals surface area contributed by atoms with Crippen LogP contribution in [0.4, 0.5) is 0 Å². The third-order valence-corrected chi connectivity index (χ3v) is 4.38. The van der Waals surface area contributed by atoms with Gasteiger partial charge in [0, 0.05) is 24.5 Å². The molecule has 1 aliphatic carbocycles. The Morgan fingerprint density at radius 3 is 3.12 bits per heavy atom. The van der Waals surface area contributed by atoms with Gasteiger partial charge in [-0.25, -0.2) is 4.98 Å². The van der Waals surface area contributed by atoms with Crippen LogP contribution in [0.2, 0.25) is 0 Å². The molecule has 1 atom stereocenters. The standard InChI is InChI=1S/C13H21N3S/c1-2-11(6-14-12-3-4-12)7-16(5-1)8-13-9-17-10-15-13/h9-12,14H,1-8H2. The molecule has 0 radical (unpaired) electrons. The van der Waals surface area contributed by atoms with Crippen LogP contribution >= 0.6 is 11.3 Å². The quantitative estimate of drug-likeness (QED) is 0.869. The highest BCUT2D eigenvalue weighted by atomic mass is 32.1. The SMILES string of the molecule is c1nc(CN2CCCC(CNC3CC3)C2)cs1. The molecule has 17 heavy (non-hydrogen) atoms. The van der Waals surface area contributed by atoms with Gasteiger partial charge >= 0.3 is 0 Å². The summed E-state index contributed by atoms with van der Waals surface area (Å²) in [5.41, 5.74) is 3.18. The van der Waals surface area contributed by atoms with Crippen LogP contribution in [0.25, 0.3) is 0 Å². The summed E-state index contributed by atoms with van der Waals surface area (Å²) >= 11 is 1.70. The normalized spacial score (nSPS) is 26.2. The van der Waals surface area contributed by atoms with Gasteiger partial charge in [-0.05, 0) is 44.7 Å². The van der Waals surface area contributed by atoms with Crippen LogP contribution in [0, 0.1) is 5.92 Å². The zero-order valence-electron chi connectivity index (χ0n) is 10.3. The molecule has 94 valence electrons. The Bertz CT molecular complexity index is 334. The van der Waals surface area contributed by atoms with Gasteiger partial charge in [-0.2, -0.15) is 0 Å². The summed E-state index contributed by atoms with van der Waals surface area (Å²) in [5, 5.41) is 5.84. The summed E-state index contributed by atoms with van der Waals surface area (Å²) in [6.45, 7) is 4.76. The minimum Gasteiger partial charge on any atom is -0.314 e. The highest BCUT2D eigenvalue weighted by molar-refractivity contribution is 7.07. The monoisotopic (exact) mass is 251 g/mol. The Morgan fingerprint density at radius 1 is 1.41 bits per heavy atom. The minimum absolute atomic E-state index is 0.850. The number of nitrogens with one attached hydrogen (secondary N) is 1. The van der Waals surface area contributed by atoms with Crippen molar-refractivity contribution in [3.63, 3.8) is 0 Å². The second kappa shape index (κ2) is 5.46. The first kappa shape index (κ1) is 11.6. The summed E-state index contributed by atoms with van der Waals surface area (Å²) in [5.74, 6) is 0.850. The van der Waals surface area contributed by atoms with E-state index in [1.54, 1.807) is 11.3 Å². The molecule has 3 rings (SSSR count). The van der Waals surface area contributed by atoms with Crippen molar-refractivity contribution in [1.29, 1.82) is 0 Å². The van der Waals surface area contributed by atoms with Gasteiger partial charge in [0.2, 0.25) is 0 Å². The molecule has 1 aromatic rings. The van der Waals surface area contributed by atoms with Crippen LogP contribution in [0.5, 0.6) is 0 Å². The molecule has 1 saturated carbocycles. The summed E-state index contributed by atoms with van der Waals surface area (Å²) < 4.78 is 0. The molecular formula is C13H21N3S. The maximum atomic E-state index is 4.38. The smallest absolute Gasteiger partial charge is 0.0795 e. The fraction of sp³-hybridized carbons (Fsp3) is 0.769. The fourth-order valence-corrected chi connectivity index (χ4v) is 3.18. The molecule has 0 aromatic carbocycles. The molecule has 1 aromatic heterocycles. The molecule has 4 heteroatoms. The average Bonchev–Trinajstić information content (AvgIpc) is 3.05. The number of hydrogen-bond donors (Lipinski definition) is 1. The Balaban J connectivity index is 1.45. The molecule has 1 aliphatic heterocycles. The molecule has 1 unspecified atom stereocenters. The molecule has 1 saturated heterocycles. The summed E-state index contributed by atoms with van der Waals surface area (Å²) in [6, 6.07) is 0.851. The van der Waals surface area contributed by atoms with Crippen LogP contribution in [0.15, 0.2) is 10.9 Å². The predicted molar refractivity (Wildman–Crippen MR) is 71.1 cm³/mol. The van der Waals surface area contributed by atoms with Gasteiger partial charge in [0.05, 0.1) is 11.2 Å². The van der Waals surface area contributed by atoms with E-state index in [0.29, 0.717) is 0 Å². The lowest BCUT2D eigenvalue weighted by Crippen LogP contribution is -2.39. The van der Waals surface area contributed by atoms with Crippen LogP contribution in [-0.2, 0) is 6.54 Å². The van der Waals surface area contributed by atoms with E-state index in [4.69, 9.17) is 0 Å². The number of thiazole rings is 1. The van der Waals surface area contributed by atoms with E-state index in [2.05, 4.69) is 20.6 Å². The van der Waals surface area contributed by atoms with Gasteiger partial charge in [-0.3, -0.25) is 4.90 Å². The van der Waals surface area contributed by atoms with Gasteiger partial charge in [0.1, 0.15) is 0 Å².